The van der Waals surface area contributed by atoms with Crippen LogP contribution in [-0.2, 0) is 27.1 Å². The molecule has 2 aromatic carbocycles. The molecule has 0 radical (unpaired) electrons. The molecule has 0 spiro atoms. The monoisotopic (exact) mass is 559 g/mol. The number of anilines is 1. The lowest BCUT2D eigenvalue weighted by molar-refractivity contribution is -0.120. The van der Waals surface area contributed by atoms with Crippen molar-refractivity contribution >= 4 is 43.5 Å². The Hall–Kier alpha value is -2.95. The number of benzene rings is 2. The van der Waals surface area contributed by atoms with Gasteiger partial charge in [-0.25, -0.2) is 12.7 Å². The van der Waals surface area contributed by atoms with Crippen LogP contribution in [0, 0.1) is 5.92 Å². The largest absolute Gasteiger partial charge is 0.467 e. The third-order valence-corrected chi connectivity index (χ3v) is 8.29. The van der Waals surface area contributed by atoms with Crippen molar-refractivity contribution in [1.29, 1.82) is 0 Å². The molecule has 2 N–H and O–H groups in total. The van der Waals surface area contributed by atoms with Gasteiger partial charge in [0.25, 0.3) is 5.91 Å². The van der Waals surface area contributed by atoms with Crippen molar-refractivity contribution in [3.8, 4) is 0 Å². The van der Waals surface area contributed by atoms with Crippen LogP contribution >= 0.6 is 15.9 Å². The minimum absolute atomic E-state index is 0.0718. The van der Waals surface area contributed by atoms with Crippen molar-refractivity contribution in [2.45, 2.75) is 25.1 Å². The zero-order valence-corrected chi connectivity index (χ0v) is 21.3. The maximum atomic E-state index is 12.9. The molecule has 184 valence electrons. The minimum atomic E-state index is -3.47. The zero-order chi connectivity index (χ0) is 24.8. The Kier molecular flexibility index (Phi) is 8.04. The molecule has 8 nitrogen and oxygen atoms in total. The van der Waals surface area contributed by atoms with Gasteiger partial charge in [0.05, 0.1) is 29.8 Å². The Bertz CT molecular complexity index is 1270. The number of para-hydroxylation sites is 1. The molecule has 0 unspecified atom stereocenters. The standard InChI is InChI=1S/C25H26BrN3O5S/c26-20-9-7-18(8-10-20)17-35(32,33)29-13-11-19(12-14-29)24(30)28-23-6-2-1-5-22(23)25(31)27-16-21-4-3-15-34-21/h1-10,15,19H,11-14,16-17H2,(H,27,31)(H,28,30). The normalized spacial score (nSPS) is 15.0. The Balaban J connectivity index is 1.33. The Labute approximate surface area is 212 Å². The molecule has 1 aliphatic heterocycles. The molecule has 0 saturated carbocycles. The lowest BCUT2D eigenvalue weighted by Crippen LogP contribution is -2.42. The van der Waals surface area contributed by atoms with Crippen LogP contribution in [0.3, 0.4) is 0 Å². The number of amides is 2. The number of hydrogen-bond donors (Lipinski definition) is 2. The second-order valence-corrected chi connectivity index (χ2v) is 11.2. The number of hydrogen-bond acceptors (Lipinski definition) is 5. The molecule has 1 aliphatic rings. The summed E-state index contributed by atoms with van der Waals surface area (Å²) in [4.78, 5) is 25.6. The van der Waals surface area contributed by atoms with E-state index in [-0.39, 0.29) is 43.1 Å². The van der Waals surface area contributed by atoms with Crippen LogP contribution in [0.15, 0.2) is 75.8 Å². The minimum Gasteiger partial charge on any atom is -0.467 e. The van der Waals surface area contributed by atoms with Crippen molar-refractivity contribution < 1.29 is 22.4 Å². The van der Waals surface area contributed by atoms with Crippen LogP contribution < -0.4 is 10.6 Å². The molecule has 0 bridgehead atoms. The van der Waals surface area contributed by atoms with E-state index in [0.29, 0.717) is 29.9 Å². The second-order valence-electron chi connectivity index (χ2n) is 8.35. The third kappa shape index (κ3) is 6.59. The van der Waals surface area contributed by atoms with Crippen LogP contribution in [0.2, 0.25) is 0 Å². The van der Waals surface area contributed by atoms with E-state index in [9.17, 15) is 18.0 Å². The van der Waals surface area contributed by atoms with E-state index >= 15 is 0 Å². The average molecular weight is 560 g/mol. The van der Waals surface area contributed by atoms with Crippen LogP contribution in [0.1, 0.15) is 34.5 Å². The molecule has 2 amide bonds. The van der Waals surface area contributed by atoms with E-state index in [0.717, 1.165) is 10.0 Å². The molecule has 1 fully saturated rings. The molecular formula is C25H26BrN3O5S. The number of halogens is 1. The summed E-state index contributed by atoms with van der Waals surface area (Å²) in [6, 6.07) is 17.5. The van der Waals surface area contributed by atoms with Gasteiger partial charge < -0.3 is 15.1 Å². The van der Waals surface area contributed by atoms with Crippen LogP contribution in [0.4, 0.5) is 5.69 Å². The van der Waals surface area contributed by atoms with E-state index in [1.54, 1.807) is 48.5 Å². The number of carbonyl (C=O) groups excluding carboxylic acids is 2. The summed E-state index contributed by atoms with van der Waals surface area (Å²) in [5, 5.41) is 5.64. The molecule has 1 saturated heterocycles. The van der Waals surface area contributed by atoms with Gasteiger partial charge in [-0.3, -0.25) is 9.59 Å². The first-order valence-corrected chi connectivity index (χ1v) is 13.6. The van der Waals surface area contributed by atoms with Gasteiger partial charge in [0.15, 0.2) is 0 Å². The van der Waals surface area contributed by atoms with Crippen LogP contribution in [0.5, 0.6) is 0 Å². The van der Waals surface area contributed by atoms with Crippen molar-refractivity contribution in [3.05, 3.63) is 88.3 Å². The van der Waals surface area contributed by atoms with Gasteiger partial charge in [-0.1, -0.05) is 40.2 Å². The first-order chi connectivity index (χ1) is 16.8. The van der Waals surface area contributed by atoms with E-state index < -0.39 is 10.0 Å². The Morgan fingerprint density at radius 2 is 1.71 bits per heavy atom. The number of sulfonamides is 1. The molecule has 35 heavy (non-hydrogen) atoms. The highest BCUT2D eigenvalue weighted by Gasteiger charge is 2.31. The quantitative estimate of drug-likeness (QED) is 0.431. The summed E-state index contributed by atoms with van der Waals surface area (Å²) in [6.07, 6.45) is 2.36. The van der Waals surface area contributed by atoms with Crippen molar-refractivity contribution in [1.82, 2.24) is 9.62 Å². The number of nitrogens with one attached hydrogen (secondary N) is 2. The summed E-state index contributed by atoms with van der Waals surface area (Å²) in [7, 11) is -3.47. The Morgan fingerprint density at radius 1 is 1.00 bits per heavy atom. The molecule has 1 aromatic heterocycles. The van der Waals surface area contributed by atoms with E-state index in [1.165, 1.54) is 10.6 Å². The lowest BCUT2D eigenvalue weighted by Gasteiger charge is -2.30. The van der Waals surface area contributed by atoms with E-state index in [4.69, 9.17) is 4.42 Å². The number of furan rings is 1. The van der Waals surface area contributed by atoms with Crippen molar-refractivity contribution in [2.24, 2.45) is 5.92 Å². The topological polar surface area (TPSA) is 109 Å². The van der Waals surface area contributed by atoms with E-state index in [1.807, 2.05) is 12.1 Å². The predicted molar refractivity (Wildman–Crippen MR) is 136 cm³/mol. The summed E-state index contributed by atoms with van der Waals surface area (Å²) >= 11 is 3.35. The lowest BCUT2D eigenvalue weighted by atomic mass is 9.97. The number of rotatable bonds is 8. The molecule has 10 heteroatoms. The fourth-order valence-electron chi connectivity index (χ4n) is 3.98. The average Bonchev–Trinajstić information content (AvgIpc) is 3.38. The smallest absolute Gasteiger partial charge is 0.253 e. The summed E-state index contributed by atoms with van der Waals surface area (Å²) in [5.74, 6) is -0.333. The van der Waals surface area contributed by atoms with Crippen LogP contribution in [0.25, 0.3) is 0 Å². The maximum absolute atomic E-state index is 12.9. The van der Waals surface area contributed by atoms with Gasteiger partial charge in [-0.2, -0.15) is 0 Å². The highest BCUT2D eigenvalue weighted by Crippen LogP contribution is 2.24. The van der Waals surface area contributed by atoms with Gasteiger partial charge in [0.2, 0.25) is 15.9 Å². The summed E-state index contributed by atoms with van der Waals surface area (Å²) in [5.41, 5.74) is 1.48. The van der Waals surface area contributed by atoms with Crippen molar-refractivity contribution in [3.63, 3.8) is 0 Å². The van der Waals surface area contributed by atoms with Crippen molar-refractivity contribution in [2.75, 3.05) is 18.4 Å². The van der Waals surface area contributed by atoms with Gasteiger partial charge in [-0.15, -0.1) is 0 Å². The highest BCUT2D eigenvalue weighted by molar-refractivity contribution is 9.10. The highest BCUT2D eigenvalue weighted by atomic mass is 79.9. The number of piperidine rings is 1. The molecular weight excluding hydrogens is 534 g/mol. The van der Waals surface area contributed by atoms with Gasteiger partial charge in [0, 0.05) is 23.5 Å². The first kappa shape index (κ1) is 25.2. The van der Waals surface area contributed by atoms with Gasteiger partial charge in [-0.05, 0) is 54.8 Å². The summed E-state index contributed by atoms with van der Waals surface area (Å²) in [6.45, 7) is 0.797. The fraction of sp³-hybridized carbons (Fsp3) is 0.280. The molecule has 4 rings (SSSR count). The first-order valence-electron chi connectivity index (χ1n) is 11.2. The Morgan fingerprint density at radius 3 is 2.40 bits per heavy atom. The van der Waals surface area contributed by atoms with Gasteiger partial charge >= 0.3 is 0 Å². The molecule has 2 heterocycles. The van der Waals surface area contributed by atoms with E-state index in [2.05, 4.69) is 26.6 Å². The molecule has 0 atom stereocenters. The predicted octanol–water partition coefficient (Wildman–Crippen LogP) is 4.15. The van der Waals surface area contributed by atoms with Gasteiger partial charge in [0.1, 0.15) is 5.76 Å². The number of carbonyl (C=O) groups is 2. The molecule has 3 aromatic rings. The fourth-order valence-corrected chi connectivity index (χ4v) is 5.81. The third-order valence-electron chi connectivity index (χ3n) is 5.91. The SMILES string of the molecule is O=C(NCc1ccco1)c1ccccc1NC(=O)C1CCN(S(=O)(=O)Cc2ccc(Br)cc2)CC1. The zero-order valence-electron chi connectivity index (χ0n) is 18.9. The van der Waals surface area contributed by atoms with Crippen LogP contribution in [-0.4, -0.2) is 37.6 Å². The molecule has 0 aliphatic carbocycles. The second kappa shape index (κ2) is 11.2. The maximum Gasteiger partial charge on any atom is 0.253 e. The number of nitrogens with zero attached hydrogens (tertiary/aromatic N) is 1. The summed E-state index contributed by atoms with van der Waals surface area (Å²) < 4.78 is 33.2.